The van der Waals surface area contributed by atoms with Gasteiger partial charge in [0.15, 0.2) is 0 Å². The standard InChI is InChI=1S/C19H25N3O2/c1-14(17-5-4-6-19(21-17)24-3)22-10-9-16(13-22)11-15-7-8-18(23-2)20-12-15/h4-8,12,14,16H,9-11,13H2,1-3H3. The molecular formula is C19H25N3O2. The highest BCUT2D eigenvalue weighted by Gasteiger charge is 2.27. The van der Waals surface area contributed by atoms with Crippen molar-refractivity contribution < 1.29 is 9.47 Å². The van der Waals surface area contributed by atoms with Crippen LogP contribution in [0.4, 0.5) is 0 Å². The van der Waals surface area contributed by atoms with Crippen LogP contribution < -0.4 is 9.47 Å². The van der Waals surface area contributed by atoms with Crippen molar-refractivity contribution in [2.45, 2.75) is 25.8 Å². The molecule has 1 aliphatic heterocycles. The molecule has 2 aromatic rings. The van der Waals surface area contributed by atoms with Crippen molar-refractivity contribution in [2.24, 2.45) is 5.92 Å². The van der Waals surface area contributed by atoms with Crippen LogP contribution in [0.1, 0.15) is 30.6 Å². The first kappa shape index (κ1) is 16.7. The van der Waals surface area contributed by atoms with E-state index >= 15 is 0 Å². The van der Waals surface area contributed by atoms with E-state index in [0.717, 1.165) is 25.2 Å². The van der Waals surface area contributed by atoms with Gasteiger partial charge >= 0.3 is 0 Å². The molecule has 0 bridgehead atoms. The van der Waals surface area contributed by atoms with Crippen LogP contribution in [0.2, 0.25) is 0 Å². The lowest BCUT2D eigenvalue weighted by atomic mass is 10.00. The van der Waals surface area contributed by atoms with Crippen LogP contribution in [0.3, 0.4) is 0 Å². The molecule has 0 N–H and O–H groups in total. The Bertz CT molecular complexity index is 660. The third-order valence-corrected chi connectivity index (χ3v) is 4.78. The van der Waals surface area contributed by atoms with E-state index in [1.807, 2.05) is 24.4 Å². The molecule has 0 aliphatic carbocycles. The van der Waals surface area contributed by atoms with Gasteiger partial charge in [-0.05, 0) is 43.9 Å². The van der Waals surface area contributed by atoms with Gasteiger partial charge in [0.2, 0.25) is 11.8 Å². The zero-order chi connectivity index (χ0) is 16.9. The number of methoxy groups -OCH3 is 2. The van der Waals surface area contributed by atoms with E-state index in [4.69, 9.17) is 9.47 Å². The Morgan fingerprint density at radius 3 is 2.71 bits per heavy atom. The van der Waals surface area contributed by atoms with Crippen LogP contribution in [0, 0.1) is 5.92 Å². The van der Waals surface area contributed by atoms with Gasteiger partial charge < -0.3 is 9.47 Å². The van der Waals surface area contributed by atoms with Crippen molar-refractivity contribution in [3.05, 3.63) is 47.8 Å². The van der Waals surface area contributed by atoms with Crippen molar-refractivity contribution in [1.29, 1.82) is 0 Å². The second-order valence-electron chi connectivity index (χ2n) is 6.34. The van der Waals surface area contributed by atoms with Gasteiger partial charge in [-0.2, -0.15) is 0 Å². The summed E-state index contributed by atoms with van der Waals surface area (Å²) < 4.78 is 10.4. The fourth-order valence-electron chi connectivity index (χ4n) is 3.33. The first-order chi connectivity index (χ1) is 11.7. The molecule has 0 saturated carbocycles. The molecule has 1 fully saturated rings. The van der Waals surface area contributed by atoms with E-state index in [9.17, 15) is 0 Å². The summed E-state index contributed by atoms with van der Waals surface area (Å²) in [5.74, 6) is 2.01. The number of ether oxygens (including phenoxy) is 2. The van der Waals surface area contributed by atoms with Gasteiger partial charge in [-0.25, -0.2) is 9.97 Å². The predicted molar refractivity (Wildman–Crippen MR) is 93.4 cm³/mol. The maximum atomic E-state index is 5.24. The summed E-state index contributed by atoms with van der Waals surface area (Å²) >= 11 is 0. The van der Waals surface area contributed by atoms with E-state index in [1.54, 1.807) is 14.2 Å². The van der Waals surface area contributed by atoms with Crippen molar-refractivity contribution in [2.75, 3.05) is 27.3 Å². The largest absolute Gasteiger partial charge is 0.481 e. The lowest BCUT2D eigenvalue weighted by Crippen LogP contribution is -2.25. The molecule has 1 aliphatic rings. The maximum Gasteiger partial charge on any atom is 0.213 e. The third-order valence-electron chi connectivity index (χ3n) is 4.78. The number of hydrogen-bond acceptors (Lipinski definition) is 5. The fourth-order valence-corrected chi connectivity index (χ4v) is 3.33. The smallest absolute Gasteiger partial charge is 0.213 e. The quantitative estimate of drug-likeness (QED) is 0.816. The second kappa shape index (κ2) is 7.62. The Kier molecular flexibility index (Phi) is 5.30. The van der Waals surface area contributed by atoms with Gasteiger partial charge in [0, 0.05) is 30.9 Å². The minimum atomic E-state index is 0.305. The van der Waals surface area contributed by atoms with Gasteiger partial charge in [0.1, 0.15) is 0 Å². The average molecular weight is 327 g/mol. The Morgan fingerprint density at radius 2 is 2.00 bits per heavy atom. The highest BCUT2D eigenvalue weighted by atomic mass is 16.5. The number of nitrogens with zero attached hydrogens (tertiary/aromatic N) is 3. The van der Waals surface area contributed by atoms with Crippen LogP contribution in [0.15, 0.2) is 36.5 Å². The van der Waals surface area contributed by atoms with Gasteiger partial charge in [0.05, 0.1) is 19.9 Å². The number of rotatable bonds is 6. The molecule has 5 heteroatoms. The Labute approximate surface area is 143 Å². The Morgan fingerprint density at radius 1 is 1.17 bits per heavy atom. The molecule has 3 rings (SSSR count). The normalized spacial score (nSPS) is 19.2. The van der Waals surface area contributed by atoms with Crippen LogP contribution in [-0.4, -0.2) is 42.2 Å². The van der Waals surface area contributed by atoms with Gasteiger partial charge in [-0.15, -0.1) is 0 Å². The van der Waals surface area contributed by atoms with Crippen LogP contribution in [0.25, 0.3) is 0 Å². The number of pyridine rings is 2. The fraction of sp³-hybridized carbons (Fsp3) is 0.474. The van der Waals surface area contributed by atoms with Crippen molar-refractivity contribution in [1.82, 2.24) is 14.9 Å². The zero-order valence-corrected chi connectivity index (χ0v) is 14.6. The first-order valence-corrected chi connectivity index (χ1v) is 8.43. The summed E-state index contributed by atoms with van der Waals surface area (Å²) in [4.78, 5) is 11.4. The summed E-state index contributed by atoms with van der Waals surface area (Å²) in [6, 6.07) is 10.3. The van der Waals surface area contributed by atoms with E-state index in [0.29, 0.717) is 23.7 Å². The minimum absolute atomic E-state index is 0.305. The molecule has 0 spiro atoms. The number of aromatic nitrogens is 2. The predicted octanol–water partition coefficient (Wildman–Crippen LogP) is 3.12. The highest BCUT2D eigenvalue weighted by molar-refractivity contribution is 5.20. The molecule has 24 heavy (non-hydrogen) atoms. The molecule has 2 unspecified atom stereocenters. The van der Waals surface area contributed by atoms with Gasteiger partial charge in [-0.3, -0.25) is 4.90 Å². The van der Waals surface area contributed by atoms with Crippen molar-refractivity contribution in [3.8, 4) is 11.8 Å². The molecule has 2 atom stereocenters. The van der Waals surface area contributed by atoms with Gasteiger partial charge in [-0.1, -0.05) is 12.1 Å². The van der Waals surface area contributed by atoms with Crippen LogP contribution in [0.5, 0.6) is 11.8 Å². The Balaban J connectivity index is 1.59. The maximum absolute atomic E-state index is 5.24. The van der Waals surface area contributed by atoms with Crippen molar-refractivity contribution in [3.63, 3.8) is 0 Å². The van der Waals surface area contributed by atoms with Crippen LogP contribution >= 0.6 is 0 Å². The van der Waals surface area contributed by atoms with Crippen LogP contribution in [-0.2, 0) is 6.42 Å². The lowest BCUT2D eigenvalue weighted by molar-refractivity contribution is 0.246. The molecule has 2 aromatic heterocycles. The topological polar surface area (TPSA) is 47.5 Å². The van der Waals surface area contributed by atoms with E-state index in [1.165, 1.54) is 12.0 Å². The highest BCUT2D eigenvalue weighted by Crippen LogP contribution is 2.29. The summed E-state index contributed by atoms with van der Waals surface area (Å²) in [5.41, 5.74) is 2.34. The summed E-state index contributed by atoms with van der Waals surface area (Å²) in [7, 11) is 3.30. The Hall–Kier alpha value is -2.14. The minimum Gasteiger partial charge on any atom is -0.481 e. The molecule has 0 radical (unpaired) electrons. The molecule has 3 heterocycles. The summed E-state index contributed by atoms with van der Waals surface area (Å²) in [5, 5.41) is 0. The molecular weight excluding hydrogens is 302 g/mol. The number of likely N-dealkylation sites (tertiary alicyclic amines) is 1. The van der Waals surface area contributed by atoms with E-state index in [-0.39, 0.29) is 0 Å². The monoisotopic (exact) mass is 327 g/mol. The second-order valence-corrected chi connectivity index (χ2v) is 6.34. The van der Waals surface area contributed by atoms with Crippen molar-refractivity contribution >= 4 is 0 Å². The number of hydrogen-bond donors (Lipinski definition) is 0. The molecule has 0 aromatic carbocycles. The molecule has 0 amide bonds. The summed E-state index contributed by atoms with van der Waals surface area (Å²) in [6.45, 7) is 4.42. The zero-order valence-electron chi connectivity index (χ0n) is 14.6. The molecule has 5 nitrogen and oxygen atoms in total. The third kappa shape index (κ3) is 3.85. The van der Waals surface area contributed by atoms with Gasteiger partial charge in [0.25, 0.3) is 0 Å². The molecule has 128 valence electrons. The first-order valence-electron chi connectivity index (χ1n) is 8.43. The van der Waals surface area contributed by atoms with E-state index < -0.39 is 0 Å². The average Bonchev–Trinajstić information content (AvgIpc) is 3.10. The lowest BCUT2D eigenvalue weighted by Gasteiger charge is -2.24. The van der Waals surface area contributed by atoms with E-state index in [2.05, 4.69) is 33.9 Å². The SMILES string of the molecule is COc1ccc(CC2CCN(C(C)c3cccc(OC)n3)C2)cn1. The summed E-state index contributed by atoms with van der Waals surface area (Å²) in [6.07, 6.45) is 4.20. The molecule has 1 saturated heterocycles.